The molecule has 1 aliphatic rings. The number of nitrogens with two attached hydrogens (primary N) is 1. The van der Waals surface area contributed by atoms with Crippen molar-refractivity contribution in [3.8, 4) is 0 Å². The molecule has 2 aromatic heterocycles. The Balaban J connectivity index is 1.86. The van der Waals surface area contributed by atoms with Gasteiger partial charge in [0.2, 0.25) is 5.95 Å². The van der Waals surface area contributed by atoms with Crippen LogP contribution in [-0.2, 0) is 18.6 Å². The lowest BCUT2D eigenvalue weighted by Crippen LogP contribution is -2.27. The summed E-state index contributed by atoms with van der Waals surface area (Å²) in [7, 11) is -3.16. The Morgan fingerprint density at radius 3 is 3.00 bits per heavy atom. The van der Waals surface area contributed by atoms with Crippen molar-refractivity contribution in [3.63, 3.8) is 0 Å². The molecule has 0 bridgehead atoms. The fourth-order valence-corrected chi connectivity index (χ4v) is 2.93. The molecule has 12 nitrogen and oxygen atoms in total. The van der Waals surface area contributed by atoms with Crippen LogP contribution in [0.1, 0.15) is 12.6 Å². The number of aromatic amines is 1. The van der Waals surface area contributed by atoms with Gasteiger partial charge < -0.3 is 25.0 Å². The van der Waals surface area contributed by atoms with E-state index in [-0.39, 0.29) is 23.7 Å². The van der Waals surface area contributed by atoms with Gasteiger partial charge in [0.05, 0.1) is 19.0 Å². The summed E-state index contributed by atoms with van der Waals surface area (Å²) >= 11 is 0. The highest BCUT2D eigenvalue weighted by atomic mass is 31.2. The Morgan fingerprint density at radius 2 is 2.33 bits per heavy atom. The van der Waals surface area contributed by atoms with Gasteiger partial charge in [0.15, 0.2) is 11.2 Å². The molecule has 0 aliphatic carbocycles. The minimum absolute atomic E-state index is 0.0584. The molecule has 0 radical (unpaired) electrons. The molecule has 5 N–H and O–H groups in total. The van der Waals surface area contributed by atoms with Crippen molar-refractivity contribution in [2.75, 3.05) is 19.5 Å². The average molecular weight is 361 g/mol. The van der Waals surface area contributed by atoms with Gasteiger partial charge >= 0.3 is 7.82 Å². The smallest absolute Gasteiger partial charge is 0.378 e. The lowest BCUT2D eigenvalue weighted by atomic mass is 10.2. The molecule has 0 aromatic carbocycles. The second-order valence-corrected chi connectivity index (χ2v) is 6.44. The number of nitrogens with one attached hydrogen (secondary N) is 1. The van der Waals surface area contributed by atoms with E-state index in [9.17, 15) is 9.36 Å². The number of methoxy groups -OCH3 is 1. The first kappa shape index (κ1) is 17.0. The van der Waals surface area contributed by atoms with E-state index in [2.05, 4.69) is 19.5 Å². The van der Waals surface area contributed by atoms with Gasteiger partial charge in [0, 0.05) is 13.5 Å². The number of aromatic nitrogens is 4. The molecular weight excluding hydrogens is 345 g/mol. The Labute approximate surface area is 134 Å². The normalized spacial score (nSPS) is 24.7. The fourth-order valence-electron chi connectivity index (χ4n) is 2.59. The number of nitrogens with zero attached hydrogens (tertiary/aromatic N) is 3. The SMILES string of the molecule is COC1C[C@H](n2cnc3c(=O)[nH]c(N)nc32)O[C@@H]1COP(=O)(O)O. The topological polar surface area (TPSA) is 175 Å². The number of fused-ring (bicyclic) bond motifs is 1. The second kappa shape index (κ2) is 6.24. The number of H-pyrrole nitrogens is 1. The second-order valence-electron chi connectivity index (χ2n) is 5.20. The maximum absolute atomic E-state index is 11.8. The summed E-state index contributed by atoms with van der Waals surface area (Å²) in [5.74, 6) is -0.0584. The van der Waals surface area contributed by atoms with Crippen LogP contribution in [-0.4, -0.2) is 55.2 Å². The monoisotopic (exact) mass is 361 g/mol. The third kappa shape index (κ3) is 3.34. The van der Waals surface area contributed by atoms with Crippen molar-refractivity contribution >= 4 is 24.9 Å². The molecule has 3 rings (SSSR count). The van der Waals surface area contributed by atoms with Gasteiger partial charge in [-0.3, -0.25) is 18.9 Å². The van der Waals surface area contributed by atoms with Gasteiger partial charge in [-0.15, -0.1) is 0 Å². The van der Waals surface area contributed by atoms with Crippen LogP contribution in [0.25, 0.3) is 11.2 Å². The van der Waals surface area contributed by atoms with Gasteiger partial charge in [-0.25, -0.2) is 9.55 Å². The number of ether oxygens (including phenoxy) is 2. The quantitative estimate of drug-likeness (QED) is 0.489. The molecule has 24 heavy (non-hydrogen) atoms. The van der Waals surface area contributed by atoms with E-state index in [1.165, 1.54) is 18.0 Å². The fraction of sp³-hybridized carbons (Fsp3) is 0.545. The third-order valence-corrected chi connectivity index (χ3v) is 4.14. The lowest BCUT2D eigenvalue weighted by Gasteiger charge is -2.17. The molecule has 132 valence electrons. The standard InChI is InChI=1S/C11H16N5O7P/c1-21-5-2-7(23-6(5)3-22-24(18,19)20)16-4-13-8-9(16)14-11(12)15-10(8)17/h4-7H,2-3H2,1H3,(H2,18,19,20)(H3,12,14,15,17)/t5?,6-,7-/m1/s1. The highest BCUT2D eigenvalue weighted by Gasteiger charge is 2.38. The average Bonchev–Trinajstić information content (AvgIpc) is 3.07. The van der Waals surface area contributed by atoms with Crippen LogP contribution in [0.4, 0.5) is 5.95 Å². The number of anilines is 1. The van der Waals surface area contributed by atoms with Crippen molar-refractivity contribution in [1.29, 1.82) is 0 Å². The van der Waals surface area contributed by atoms with Crippen LogP contribution >= 0.6 is 7.82 Å². The van der Waals surface area contributed by atoms with Crippen molar-refractivity contribution in [2.45, 2.75) is 24.9 Å². The number of hydrogen-bond donors (Lipinski definition) is 4. The van der Waals surface area contributed by atoms with Gasteiger partial charge in [0.1, 0.15) is 12.3 Å². The molecule has 1 unspecified atom stereocenters. The van der Waals surface area contributed by atoms with E-state index in [0.29, 0.717) is 6.42 Å². The highest BCUT2D eigenvalue weighted by molar-refractivity contribution is 7.46. The summed E-state index contributed by atoms with van der Waals surface area (Å²) in [6.07, 6.45) is -0.0247. The van der Waals surface area contributed by atoms with E-state index < -0.39 is 31.8 Å². The molecule has 3 atom stereocenters. The summed E-state index contributed by atoms with van der Waals surface area (Å²) < 4.78 is 27.8. The van der Waals surface area contributed by atoms with Crippen molar-refractivity contribution in [1.82, 2.24) is 19.5 Å². The van der Waals surface area contributed by atoms with Crippen LogP contribution in [0.5, 0.6) is 0 Å². The van der Waals surface area contributed by atoms with E-state index in [1.54, 1.807) is 0 Å². The Hall–Kier alpha value is -1.82. The number of hydrogen-bond acceptors (Lipinski definition) is 8. The van der Waals surface area contributed by atoms with Gasteiger partial charge in [-0.1, -0.05) is 0 Å². The maximum Gasteiger partial charge on any atom is 0.469 e. The van der Waals surface area contributed by atoms with Crippen LogP contribution < -0.4 is 11.3 Å². The van der Waals surface area contributed by atoms with Crippen molar-refractivity contribution in [2.24, 2.45) is 0 Å². The first-order chi connectivity index (χ1) is 11.3. The molecule has 13 heteroatoms. The summed E-state index contributed by atoms with van der Waals surface area (Å²) in [5, 5.41) is 0. The van der Waals surface area contributed by atoms with Crippen LogP contribution in [0.3, 0.4) is 0 Å². The first-order valence-corrected chi connectivity index (χ1v) is 8.42. The van der Waals surface area contributed by atoms with E-state index >= 15 is 0 Å². The molecule has 1 fully saturated rings. The number of phosphoric ester groups is 1. The van der Waals surface area contributed by atoms with E-state index in [1.807, 2.05) is 0 Å². The molecule has 1 saturated heterocycles. The predicted molar refractivity (Wildman–Crippen MR) is 79.9 cm³/mol. The van der Waals surface area contributed by atoms with Gasteiger partial charge in [0.25, 0.3) is 5.56 Å². The zero-order valence-corrected chi connectivity index (χ0v) is 13.4. The first-order valence-electron chi connectivity index (χ1n) is 6.89. The number of imidazole rings is 1. The lowest BCUT2D eigenvalue weighted by molar-refractivity contribution is -0.0503. The zero-order chi connectivity index (χ0) is 17.5. The summed E-state index contributed by atoms with van der Waals surface area (Å²) in [6.45, 7) is -0.345. The molecule has 1 aliphatic heterocycles. The number of phosphoric acid groups is 1. The molecule has 2 aromatic rings. The van der Waals surface area contributed by atoms with Crippen molar-refractivity contribution < 1.29 is 28.3 Å². The molecule has 3 heterocycles. The minimum Gasteiger partial charge on any atom is -0.378 e. The molecule has 0 amide bonds. The largest absolute Gasteiger partial charge is 0.469 e. The Morgan fingerprint density at radius 1 is 1.58 bits per heavy atom. The van der Waals surface area contributed by atoms with Crippen LogP contribution in [0.2, 0.25) is 0 Å². The zero-order valence-electron chi connectivity index (χ0n) is 12.5. The Bertz CT molecular complexity index is 845. The molecule has 0 saturated carbocycles. The Kier molecular flexibility index (Phi) is 4.42. The number of nitrogen functional groups attached to an aromatic ring is 1. The van der Waals surface area contributed by atoms with E-state index in [0.717, 1.165) is 0 Å². The molecular formula is C11H16N5O7P. The number of rotatable bonds is 5. The highest BCUT2D eigenvalue weighted by Crippen LogP contribution is 2.39. The van der Waals surface area contributed by atoms with Gasteiger partial charge in [-0.2, -0.15) is 4.98 Å². The minimum atomic E-state index is -4.62. The summed E-state index contributed by atoms with van der Waals surface area (Å²) in [6, 6.07) is 0. The van der Waals surface area contributed by atoms with E-state index in [4.69, 9.17) is 25.0 Å². The third-order valence-electron chi connectivity index (χ3n) is 3.65. The molecule has 0 spiro atoms. The van der Waals surface area contributed by atoms with Crippen LogP contribution in [0.15, 0.2) is 11.1 Å². The maximum atomic E-state index is 11.8. The summed E-state index contributed by atoms with van der Waals surface area (Å²) in [5.41, 5.74) is 5.43. The van der Waals surface area contributed by atoms with Crippen LogP contribution in [0, 0.1) is 0 Å². The van der Waals surface area contributed by atoms with Crippen molar-refractivity contribution in [3.05, 3.63) is 16.7 Å². The predicted octanol–water partition coefficient (Wildman–Crippen LogP) is -0.886. The summed E-state index contributed by atoms with van der Waals surface area (Å²) in [4.78, 5) is 39.8. The van der Waals surface area contributed by atoms with Gasteiger partial charge in [-0.05, 0) is 0 Å².